The molecule has 8 heteroatoms. The zero-order chi connectivity index (χ0) is 12.6. The summed E-state index contributed by atoms with van der Waals surface area (Å²) in [5.74, 6) is -1.92. The van der Waals surface area contributed by atoms with Gasteiger partial charge in [-0.1, -0.05) is 16.7 Å². The molecule has 0 spiro atoms. The minimum atomic E-state index is -0.974. The van der Waals surface area contributed by atoms with Crippen LogP contribution in [0.25, 0.3) is 10.4 Å². The lowest BCUT2D eigenvalue weighted by Crippen LogP contribution is -2.12. The summed E-state index contributed by atoms with van der Waals surface area (Å²) in [5, 5.41) is 2.40. The van der Waals surface area contributed by atoms with Gasteiger partial charge in [0.2, 0.25) is 0 Å². The van der Waals surface area contributed by atoms with E-state index in [1.165, 1.54) is 0 Å². The summed E-state index contributed by atoms with van der Waals surface area (Å²) < 4.78 is 9.09. The standard InChI is InChI=1S/C8H10ClN3O4/c1-3-15-7(13)5(9)6(11-12-10)8(14)16-4-2/h3-4H2,1-2H3/b6-5+. The number of ether oxygens (including phenoxy) is 2. The zero-order valence-electron chi connectivity index (χ0n) is 8.77. The number of hydrogen-bond donors (Lipinski definition) is 0. The highest BCUT2D eigenvalue weighted by atomic mass is 35.5. The smallest absolute Gasteiger partial charge is 0.350 e. The van der Waals surface area contributed by atoms with Crippen molar-refractivity contribution in [2.75, 3.05) is 13.2 Å². The average Bonchev–Trinajstić information content (AvgIpc) is 2.25. The molecule has 0 radical (unpaired) electrons. The lowest BCUT2D eigenvalue weighted by molar-refractivity contribution is -0.141. The lowest BCUT2D eigenvalue weighted by atomic mass is 10.4. The van der Waals surface area contributed by atoms with E-state index >= 15 is 0 Å². The van der Waals surface area contributed by atoms with E-state index in [-0.39, 0.29) is 13.2 Å². The minimum absolute atomic E-state index is 0.0658. The molecule has 0 N–H and O–H groups in total. The molecule has 0 amide bonds. The van der Waals surface area contributed by atoms with Crippen molar-refractivity contribution in [3.05, 3.63) is 21.2 Å². The highest BCUT2D eigenvalue weighted by molar-refractivity contribution is 6.43. The lowest BCUT2D eigenvalue weighted by Gasteiger charge is -2.04. The highest BCUT2D eigenvalue weighted by Gasteiger charge is 2.20. The second kappa shape index (κ2) is 7.56. The summed E-state index contributed by atoms with van der Waals surface area (Å²) in [6, 6.07) is 0. The first-order valence-electron chi connectivity index (χ1n) is 4.37. The molecule has 0 heterocycles. The normalized spacial score (nSPS) is 10.9. The first-order chi connectivity index (χ1) is 7.58. The molecule has 0 unspecified atom stereocenters. The molecule has 0 saturated heterocycles. The number of rotatable bonds is 5. The maximum Gasteiger partial charge on any atom is 0.350 e. The monoisotopic (exact) mass is 247 g/mol. The predicted molar refractivity (Wildman–Crippen MR) is 55.3 cm³/mol. The van der Waals surface area contributed by atoms with Crippen LogP contribution in [0.4, 0.5) is 0 Å². The van der Waals surface area contributed by atoms with Crippen LogP contribution in [0.1, 0.15) is 13.8 Å². The highest BCUT2D eigenvalue weighted by Crippen LogP contribution is 2.15. The molecule has 0 aliphatic carbocycles. The van der Waals surface area contributed by atoms with E-state index in [9.17, 15) is 9.59 Å². The van der Waals surface area contributed by atoms with E-state index in [0.29, 0.717) is 0 Å². The summed E-state index contributed by atoms with van der Waals surface area (Å²) >= 11 is 5.52. The van der Waals surface area contributed by atoms with Gasteiger partial charge >= 0.3 is 11.9 Å². The Kier molecular flexibility index (Phi) is 6.74. The third-order valence-electron chi connectivity index (χ3n) is 1.28. The van der Waals surface area contributed by atoms with E-state index in [1.807, 2.05) is 0 Å². The number of hydrogen-bond acceptors (Lipinski definition) is 5. The molecular formula is C8H10ClN3O4. The van der Waals surface area contributed by atoms with Gasteiger partial charge in [-0.15, -0.1) is 0 Å². The minimum Gasteiger partial charge on any atom is -0.462 e. The molecule has 7 nitrogen and oxygen atoms in total. The van der Waals surface area contributed by atoms with Crippen LogP contribution in [0.3, 0.4) is 0 Å². The summed E-state index contributed by atoms with van der Waals surface area (Å²) in [5.41, 5.74) is 7.61. The predicted octanol–water partition coefficient (Wildman–Crippen LogP) is 1.87. The molecule has 0 aliphatic heterocycles. The number of halogens is 1. The topological polar surface area (TPSA) is 101 Å². The Bertz CT molecular complexity index is 360. The summed E-state index contributed by atoms with van der Waals surface area (Å²) in [4.78, 5) is 24.8. The fraction of sp³-hybridized carbons (Fsp3) is 0.500. The van der Waals surface area contributed by atoms with Gasteiger partial charge in [-0.05, 0) is 19.4 Å². The van der Waals surface area contributed by atoms with Gasteiger partial charge < -0.3 is 9.47 Å². The van der Waals surface area contributed by atoms with E-state index in [1.54, 1.807) is 13.8 Å². The Morgan fingerprint density at radius 2 is 1.75 bits per heavy atom. The Morgan fingerprint density at radius 3 is 2.19 bits per heavy atom. The number of esters is 2. The molecule has 88 valence electrons. The van der Waals surface area contributed by atoms with Gasteiger partial charge in [0.25, 0.3) is 0 Å². The number of carbonyl (C=O) groups is 2. The average molecular weight is 248 g/mol. The third kappa shape index (κ3) is 4.20. The van der Waals surface area contributed by atoms with Crippen molar-refractivity contribution >= 4 is 23.5 Å². The maximum absolute atomic E-state index is 11.2. The van der Waals surface area contributed by atoms with Crippen LogP contribution in [-0.4, -0.2) is 25.2 Å². The molecule has 16 heavy (non-hydrogen) atoms. The Hall–Kier alpha value is -1.72. The maximum atomic E-state index is 11.2. The van der Waals surface area contributed by atoms with Crippen LogP contribution >= 0.6 is 11.6 Å². The van der Waals surface area contributed by atoms with Gasteiger partial charge in [0.05, 0.1) is 13.2 Å². The summed E-state index contributed by atoms with van der Waals surface area (Å²) in [6.45, 7) is 3.28. The quantitative estimate of drug-likeness (QED) is 0.243. The Labute approximate surface area is 96.6 Å². The SMILES string of the molecule is CCOC(=O)/C(Cl)=C(\N=[N+]=[N-])C(=O)OCC. The molecule has 0 bridgehead atoms. The van der Waals surface area contributed by atoms with Gasteiger partial charge in [-0.2, -0.15) is 0 Å². The Morgan fingerprint density at radius 1 is 1.25 bits per heavy atom. The van der Waals surface area contributed by atoms with Crippen molar-refractivity contribution in [2.24, 2.45) is 5.11 Å². The van der Waals surface area contributed by atoms with Crippen molar-refractivity contribution in [2.45, 2.75) is 13.8 Å². The molecule has 0 rings (SSSR count). The van der Waals surface area contributed by atoms with Crippen molar-refractivity contribution in [3.63, 3.8) is 0 Å². The van der Waals surface area contributed by atoms with Crippen molar-refractivity contribution in [3.8, 4) is 0 Å². The molecule has 0 saturated carbocycles. The second-order valence-electron chi connectivity index (χ2n) is 2.29. The molecule has 0 fully saturated rings. The first-order valence-corrected chi connectivity index (χ1v) is 4.75. The molecule has 0 aromatic heterocycles. The number of azide groups is 1. The van der Waals surface area contributed by atoms with Crippen LogP contribution in [0, 0.1) is 0 Å². The van der Waals surface area contributed by atoms with Gasteiger partial charge in [0, 0.05) is 4.91 Å². The molecule has 0 aromatic rings. The second-order valence-corrected chi connectivity index (χ2v) is 2.67. The van der Waals surface area contributed by atoms with E-state index < -0.39 is 22.7 Å². The third-order valence-corrected chi connectivity index (χ3v) is 1.61. The summed E-state index contributed by atoms with van der Waals surface area (Å²) in [7, 11) is 0. The number of carbonyl (C=O) groups excluding carboxylic acids is 2. The zero-order valence-corrected chi connectivity index (χ0v) is 9.52. The fourth-order valence-electron chi connectivity index (χ4n) is 0.710. The van der Waals surface area contributed by atoms with Crippen LogP contribution in [-0.2, 0) is 19.1 Å². The van der Waals surface area contributed by atoms with E-state index in [4.69, 9.17) is 17.1 Å². The van der Waals surface area contributed by atoms with Crippen LogP contribution < -0.4 is 0 Å². The Balaban J connectivity index is 5.14. The molecule has 0 aromatic carbocycles. The first kappa shape index (κ1) is 14.3. The summed E-state index contributed by atoms with van der Waals surface area (Å²) in [6.07, 6.45) is 0. The van der Waals surface area contributed by atoms with Gasteiger partial charge in [-0.25, -0.2) is 9.59 Å². The molecule has 0 atom stereocenters. The van der Waals surface area contributed by atoms with Crippen molar-refractivity contribution in [1.82, 2.24) is 0 Å². The van der Waals surface area contributed by atoms with Gasteiger partial charge in [-0.3, -0.25) is 0 Å². The van der Waals surface area contributed by atoms with E-state index in [2.05, 4.69) is 19.5 Å². The van der Waals surface area contributed by atoms with Crippen molar-refractivity contribution < 1.29 is 19.1 Å². The van der Waals surface area contributed by atoms with Crippen molar-refractivity contribution in [1.29, 1.82) is 0 Å². The van der Waals surface area contributed by atoms with Crippen LogP contribution in [0.15, 0.2) is 15.8 Å². The number of nitrogens with zero attached hydrogens (tertiary/aromatic N) is 3. The van der Waals surface area contributed by atoms with Crippen LogP contribution in [0.2, 0.25) is 0 Å². The van der Waals surface area contributed by atoms with Gasteiger partial charge in [0.15, 0.2) is 0 Å². The van der Waals surface area contributed by atoms with Crippen LogP contribution in [0.5, 0.6) is 0 Å². The largest absolute Gasteiger partial charge is 0.462 e. The van der Waals surface area contributed by atoms with Gasteiger partial charge in [0.1, 0.15) is 10.7 Å². The fourth-order valence-corrected chi connectivity index (χ4v) is 0.879. The molecular weight excluding hydrogens is 238 g/mol. The molecule has 0 aliphatic rings. The van der Waals surface area contributed by atoms with E-state index in [0.717, 1.165) is 0 Å².